The van der Waals surface area contributed by atoms with Crippen LogP contribution in [0.15, 0.2) is 0 Å². The fraction of sp³-hybridized carbons (Fsp3) is 0. The molecule has 0 unspecified atom stereocenters. The quantitative estimate of drug-likeness (QED) is 0.182. The fourth-order valence-corrected chi connectivity index (χ4v) is 0. The number of hydrogen-bond donors (Lipinski definition) is 0. The number of hydrogen-bond acceptors (Lipinski definition) is 5. The second-order valence-electron chi connectivity index (χ2n) is 0.787. The van der Waals surface area contributed by atoms with Crippen molar-refractivity contribution in [3.8, 4) is 0 Å². The highest BCUT2D eigenvalue weighted by atomic mass is 35.7. The molecule has 17 heteroatoms. The van der Waals surface area contributed by atoms with Gasteiger partial charge in [-0.05, 0) is 11.2 Å². The molecule has 20 heavy (non-hydrogen) atoms. The highest BCUT2D eigenvalue weighted by molar-refractivity contribution is 7.78. The van der Waals surface area contributed by atoms with Crippen LogP contribution in [0, 0.1) is 0 Å². The van der Waals surface area contributed by atoms with Gasteiger partial charge in [-0.15, -0.1) is 12.4 Å². The zero-order chi connectivity index (χ0) is 17.5. The summed E-state index contributed by atoms with van der Waals surface area (Å²) in [6.45, 7) is 2.00. The Balaban J connectivity index is -0.0000000208. The maximum Gasteiger partial charge on any atom is 0.731 e. The van der Waals surface area contributed by atoms with Crippen LogP contribution in [-0.2, 0) is 19.2 Å². The molecule has 0 saturated carbocycles. The van der Waals surface area contributed by atoms with Crippen LogP contribution >= 0.6 is 65.9 Å². The molecule has 0 N–H and O–H groups in total. The summed E-state index contributed by atoms with van der Waals surface area (Å²) in [5.74, 6) is 0. The third-order valence-electron chi connectivity index (χ3n) is 0. The van der Waals surface area contributed by atoms with Gasteiger partial charge in [0.1, 0.15) is 16.3 Å². The largest absolute Gasteiger partial charge is 0.731 e. The lowest BCUT2D eigenvalue weighted by Gasteiger charge is -1.78. The minimum Gasteiger partial charge on any atom is -0.307 e. The van der Waals surface area contributed by atoms with E-state index >= 15 is 0 Å². The summed E-state index contributed by atoms with van der Waals surface area (Å²) >= 11 is 16.0. The molecule has 0 amide bonds. The van der Waals surface area contributed by atoms with Gasteiger partial charge in [0.05, 0.1) is 0 Å². The molecule has 0 aliphatic carbocycles. The van der Waals surface area contributed by atoms with Crippen LogP contribution in [0.3, 0.4) is 0 Å². The zero-order valence-electron chi connectivity index (χ0n) is 9.13. The monoisotopic (exact) mass is 460 g/mol. The van der Waals surface area contributed by atoms with Crippen molar-refractivity contribution in [2.45, 2.75) is 0 Å². The molecule has 0 saturated heterocycles. The Kier molecular flexibility index (Phi) is 108. The van der Waals surface area contributed by atoms with E-state index < -0.39 is 16.3 Å². The predicted octanol–water partition coefficient (Wildman–Crippen LogP) is 3.37. The maximum absolute atomic E-state index is 10.3. The minimum absolute atomic E-state index is 0. The molecule has 0 bridgehead atoms. The van der Waals surface area contributed by atoms with Crippen molar-refractivity contribution in [2.75, 3.05) is 0 Å². The average Bonchev–Trinajstić information content (AvgIpc) is 2.22. The van der Waals surface area contributed by atoms with Gasteiger partial charge in [0.2, 0.25) is 5.23 Å². The molecule has 4 nitrogen and oxygen atoms in total. The van der Waals surface area contributed by atoms with E-state index in [4.69, 9.17) is 30.3 Å². The van der Waals surface area contributed by atoms with Gasteiger partial charge in [0.15, 0.2) is 0 Å². The van der Waals surface area contributed by atoms with Crippen molar-refractivity contribution in [3.63, 3.8) is 0 Å². The summed E-state index contributed by atoms with van der Waals surface area (Å²) < 4.78 is 51.1. The van der Waals surface area contributed by atoms with Crippen LogP contribution in [0.4, 0.5) is 20.7 Å². The van der Waals surface area contributed by atoms with Gasteiger partial charge < -0.3 is 4.79 Å². The molecule has 0 aliphatic rings. The van der Waals surface area contributed by atoms with Crippen LogP contribution in [0.2, 0.25) is 0 Å². The molecule has 0 heterocycles. The van der Waals surface area contributed by atoms with Crippen molar-refractivity contribution < 1.29 is 39.9 Å². The molecule has 0 aliphatic heterocycles. The van der Waals surface area contributed by atoms with Gasteiger partial charge >= 0.3 is 22.4 Å². The van der Waals surface area contributed by atoms with Gasteiger partial charge in [-0.3, -0.25) is 0 Å². The van der Waals surface area contributed by atoms with E-state index in [2.05, 4.69) is 34.5 Å². The van der Waals surface area contributed by atoms with Crippen molar-refractivity contribution in [3.05, 3.63) is 0 Å². The normalized spacial score (nSPS) is 6.25. The molecule has 0 aromatic carbocycles. The van der Waals surface area contributed by atoms with Gasteiger partial charge in [-0.1, -0.05) is 11.1 Å². The zero-order valence-corrected chi connectivity index (χ0v) is 16.9. The molecule has 0 rings (SSSR count). The Bertz CT molecular complexity index is 196. The number of thiocarbonyl (C=S) groups is 1. The maximum atomic E-state index is 10.3. The Morgan fingerprint density at radius 1 is 1.10 bits per heavy atom. The van der Waals surface area contributed by atoms with Crippen LogP contribution in [0.1, 0.15) is 0 Å². The summed E-state index contributed by atoms with van der Waals surface area (Å²) in [6.07, 6.45) is 0.250. The molecule has 124 valence electrons. The highest BCUT2D eigenvalue weighted by Crippen LogP contribution is 2.43. The van der Waals surface area contributed by atoms with Crippen molar-refractivity contribution in [1.82, 2.24) is 0 Å². The Morgan fingerprint density at radius 3 is 1.10 bits per heavy atom. The average molecular weight is 462 g/mol. The van der Waals surface area contributed by atoms with Crippen LogP contribution < -0.4 is 0 Å². The van der Waals surface area contributed by atoms with Crippen molar-refractivity contribution in [2.24, 2.45) is 0 Å². The first-order valence-electron chi connectivity index (χ1n) is 2.75. The Labute approximate surface area is 141 Å². The Hall–Kier alpha value is 0.524. The van der Waals surface area contributed by atoms with E-state index in [-0.39, 0.29) is 18.6 Å². The lowest BCUT2D eigenvalue weighted by Crippen LogP contribution is -1.99. The minimum atomic E-state index is -5.64. The van der Waals surface area contributed by atoms with Crippen LogP contribution in [-0.4, -0.2) is 36.1 Å². The molecule has 0 fully saturated rings. The topological polar surface area (TPSA) is 68.3 Å². The number of rotatable bonds is 0. The molecule has 0 spiro atoms. The van der Waals surface area contributed by atoms with E-state index in [9.17, 15) is 20.7 Å². The van der Waals surface area contributed by atoms with Gasteiger partial charge in [0.25, 0.3) is 0 Å². The van der Waals surface area contributed by atoms with E-state index in [0.717, 1.165) is 14.8 Å². The lowest BCUT2D eigenvalue weighted by molar-refractivity contribution is -0.191. The van der Waals surface area contributed by atoms with Crippen LogP contribution in [0.25, 0.3) is 0 Å². The number of carbonyl (C=O) groups is 1. The summed E-state index contributed by atoms with van der Waals surface area (Å²) in [5, 5.41) is 1.08. The van der Waals surface area contributed by atoms with E-state index in [1.54, 1.807) is 0 Å². The molecular formula is C3H6Cl4F5O4PSSi2. The third kappa shape index (κ3) is 20700. The van der Waals surface area contributed by atoms with Gasteiger partial charge in [-0.25, -0.2) is 17.1 Å². The van der Waals surface area contributed by atoms with Gasteiger partial charge in [-0.2, -0.15) is 29.1 Å². The first kappa shape index (κ1) is 42.8. The van der Waals surface area contributed by atoms with E-state index in [0.29, 0.717) is 0 Å². The SMILES string of the molecule is C=O.Cl.FP(F)Cl.F[Si](F)(F)Cl.O=C=O.O=C=S.[SiH3]Cl. The van der Waals surface area contributed by atoms with Crippen molar-refractivity contribution in [1.29, 1.82) is 0 Å². The summed E-state index contributed by atoms with van der Waals surface area (Å²) in [5.41, 5.74) is 0. The number of carbonyl (C=O) groups excluding carboxylic acids is 4. The van der Waals surface area contributed by atoms with Crippen LogP contribution in [0.5, 0.6) is 0 Å². The van der Waals surface area contributed by atoms with Crippen molar-refractivity contribution >= 4 is 102 Å². The number of halogens is 9. The Morgan fingerprint density at radius 2 is 1.10 bits per heavy atom. The predicted molar refractivity (Wildman–Crippen MR) is 78.4 cm³/mol. The smallest absolute Gasteiger partial charge is 0.307 e. The molecule has 0 radical (unpaired) electrons. The highest BCUT2D eigenvalue weighted by Gasteiger charge is 2.33. The molecule has 0 aromatic rings. The molecule has 0 atom stereocenters. The molecular weight excluding hydrogens is 456 g/mol. The van der Waals surface area contributed by atoms with E-state index in [1.165, 1.54) is 0 Å². The second kappa shape index (κ2) is 50.4. The van der Waals surface area contributed by atoms with Gasteiger partial charge in [0, 0.05) is 12.2 Å². The third-order valence-corrected chi connectivity index (χ3v) is 0. The summed E-state index contributed by atoms with van der Waals surface area (Å²) in [4.78, 5) is 32.7. The summed E-state index contributed by atoms with van der Waals surface area (Å²) in [6, 6.07) is 0. The standard InChI is InChI=1S/CO2.COS.CH2O.ClF3Si.ClF2P.ClH3Si.ClH/c2*2-1-3;1-2;1-5(2,3)4;1-4(2)3;1-2;/h;;1H2;;;2H3;1H. The molecule has 0 aromatic heterocycles. The fourth-order valence-electron chi connectivity index (χ4n) is 0. The van der Waals surface area contributed by atoms with E-state index in [1.807, 2.05) is 6.79 Å². The summed E-state index contributed by atoms with van der Waals surface area (Å²) in [7, 11) is -8.01. The first-order valence-corrected chi connectivity index (χ1v) is 10.9. The lowest BCUT2D eigenvalue weighted by atomic mass is 11.8. The second-order valence-corrected chi connectivity index (χ2v) is 4.25. The first-order chi connectivity index (χ1) is 8.56.